The first kappa shape index (κ1) is 12.3. The topological polar surface area (TPSA) is 35.2 Å². The molecule has 3 fully saturated rings. The van der Waals surface area contributed by atoms with E-state index in [1.54, 1.807) is 7.11 Å². The molecule has 18 heavy (non-hydrogen) atoms. The summed E-state index contributed by atoms with van der Waals surface area (Å²) >= 11 is 6.17. The summed E-state index contributed by atoms with van der Waals surface area (Å²) < 4.78 is 5.53. The van der Waals surface area contributed by atoms with Gasteiger partial charge in [-0.3, -0.25) is 0 Å². The maximum Gasteiger partial charge on any atom is 0.122 e. The lowest BCUT2D eigenvalue weighted by molar-refractivity contribution is 0.105. The van der Waals surface area contributed by atoms with Crippen LogP contribution >= 0.6 is 11.6 Å². The SMILES string of the molecule is COc1ccc(Cl)cc1C12CCC(N)(CC1)CC2. The van der Waals surface area contributed by atoms with Crippen molar-refractivity contribution in [3.05, 3.63) is 28.8 Å². The Hall–Kier alpha value is -0.730. The van der Waals surface area contributed by atoms with Crippen LogP contribution in [-0.4, -0.2) is 12.6 Å². The number of hydrogen-bond acceptors (Lipinski definition) is 2. The highest BCUT2D eigenvalue weighted by Gasteiger charge is 2.48. The van der Waals surface area contributed by atoms with Crippen LogP contribution in [0.15, 0.2) is 18.2 Å². The van der Waals surface area contributed by atoms with E-state index >= 15 is 0 Å². The number of rotatable bonds is 2. The molecule has 2 N–H and O–H groups in total. The minimum Gasteiger partial charge on any atom is -0.496 e. The van der Waals surface area contributed by atoms with Crippen LogP contribution in [0.1, 0.15) is 44.1 Å². The van der Waals surface area contributed by atoms with Crippen molar-refractivity contribution in [2.75, 3.05) is 7.11 Å². The molecule has 0 aliphatic heterocycles. The van der Waals surface area contributed by atoms with Crippen LogP contribution in [0.4, 0.5) is 0 Å². The molecule has 0 atom stereocenters. The Kier molecular flexibility index (Phi) is 2.83. The van der Waals surface area contributed by atoms with Crippen molar-refractivity contribution in [1.29, 1.82) is 0 Å². The molecule has 1 aromatic carbocycles. The number of nitrogens with two attached hydrogens (primary N) is 1. The Morgan fingerprint density at radius 3 is 2.28 bits per heavy atom. The molecule has 98 valence electrons. The predicted octanol–water partition coefficient (Wildman–Crippen LogP) is 3.65. The van der Waals surface area contributed by atoms with Gasteiger partial charge < -0.3 is 10.5 Å². The summed E-state index contributed by atoms with van der Waals surface area (Å²) in [5.74, 6) is 0.978. The minimum absolute atomic E-state index is 0.105. The van der Waals surface area contributed by atoms with Gasteiger partial charge in [-0.05, 0) is 62.1 Å². The molecule has 2 nitrogen and oxygen atoms in total. The molecule has 0 saturated heterocycles. The zero-order valence-corrected chi connectivity index (χ0v) is 11.6. The van der Waals surface area contributed by atoms with E-state index in [9.17, 15) is 0 Å². The highest BCUT2D eigenvalue weighted by atomic mass is 35.5. The van der Waals surface area contributed by atoms with Crippen LogP contribution in [0.3, 0.4) is 0 Å². The first-order valence-corrected chi connectivity index (χ1v) is 7.08. The molecule has 0 amide bonds. The number of fused-ring (bicyclic) bond motifs is 3. The lowest BCUT2D eigenvalue weighted by Crippen LogP contribution is -2.53. The summed E-state index contributed by atoms with van der Waals surface area (Å²) in [7, 11) is 1.74. The lowest BCUT2D eigenvalue weighted by Gasteiger charge is -2.52. The zero-order valence-electron chi connectivity index (χ0n) is 10.8. The third-order valence-electron chi connectivity index (χ3n) is 5.04. The molecule has 3 heteroatoms. The lowest BCUT2D eigenvalue weighted by atomic mass is 9.55. The molecular weight excluding hydrogens is 246 g/mol. The van der Waals surface area contributed by atoms with E-state index in [0.717, 1.165) is 30.0 Å². The van der Waals surface area contributed by atoms with Gasteiger partial charge in [-0.2, -0.15) is 0 Å². The van der Waals surface area contributed by atoms with Gasteiger partial charge in [-0.15, -0.1) is 0 Å². The second-order valence-corrected chi connectivity index (χ2v) is 6.42. The van der Waals surface area contributed by atoms with Gasteiger partial charge in [0.05, 0.1) is 7.11 Å². The molecule has 0 spiro atoms. The molecular formula is C15H20ClNO. The van der Waals surface area contributed by atoms with Gasteiger partial charge in [-0.25, -0.2) is 0 Å². The van der Waals surface area contributed by atoms with E-state index in [2.05, 4.69) is 6.07 Å². The maximum absolute atomic E-state index is 6.38. The van der Waals surface area contributed by atoms with Gasteiger partial charge in [-0.1, -0.05) is 11.6 Å². The quantitative estimate of drug-likeness (QED) is 0.886. The molecule has 3 saturated carbocycles. The molecule has 3 aliphatic carbocycles. The summed E-state index contributed by atoms with van der Waals surface area (Å²) in [4.78, 5) is 0. The normalized spacial score (nSPS) is 34.6. The van der Waals surface area contributed by atoms with Gasteiger partial charge in [0.2, 0.25) is 0 Å². The summed E-state index contributed by atoms with van der Waals surface area (Å²) in [6.45, 7) is 0. The average molecular weight is 266 g/mol. The Bertz CT molecular complexity index is 447. The third kappa shape index (κ3) is 1.83. The molecule has 0 radical (unpaired) electrons. The Morgan fingerprint density at radius 2 is 1.72 bits per heavy atom. The molecule has 0 unspecified atom stereocenters. The van der Waals surface area contributed by atoms with Crippen LogP contribution in [0.5, 0.6) is 5.75 Å². The molecule has 2 bridgehead atoms. The van der Waals surface area contributed by atoms with Gasteiger partial charge in [0.25, 0.3) is 0 Å². The molecule has 0 heterocycles. The maximum atomic E-state index is 6.38. The molecule has 0 aromatic heterocycles. The van der Waals surface area contributed by atoms with Crippen LogP contribution in [0.25, 0.3) is 0 Å². The highest BCUT2D eigenvalue weighted by Crippen LogP contribution is 2.54. The van der Waals surface area contributed by atoms with Crippen molar-refractivity contribution in [1.82, 2.24) is 0 Å². The van der Waals surface area contributed by atoms with Crippen molar-refractivity contribution >= 4 is 11.6 Å². The summed E-state index contributed by atoms with van der Waals surface area (Å²) in [5.41, 5.74) is 8.02. The number of methoxy groups -OCH3 is 1. The Balaban J connectivity index is 2.02. The second-order valence-electron chi connectivity index (χ2n) is 5.99. The number of ether oxygens (including phenoxy) is 1. The zero-order chi connectivity index (χ0) is 12.8. The average Bonchev–Trinajstić information content (AvgIpc) is 2.40. The van der Waals surface area contributed by atoms with E-state index in [1.807, 2.05) is 12.1 Å². The fourth-order valence-electron chi connectivity index (χ4n) is 3.71. The summed E-state index contributed by atoms with van der Waals surface area (Å²) in [6.07, 6.45) is 6.88. The van der Waals surface area contributed by atoms with Crippen molar-refractivity contribution in [3.63, 3.8) is 0 Å². The monoisotopic (exact) mass is 265 g/mol. The van der Waals surface area contributed by atoms with Crippen molar-refractivity contribution < 1.29 is 4.74 Å². The van der Waals surface area contributed by atoms with Gasteiger partial charge in [0.1, 0.15) is 5.75 Å². The van der Waals surface area contributed by atoms with Crippen LogP contribution < -0.4 is 10.5 Å². The van der Waals surface area contributed by atoms with E-state index < -0.39 is 0 Å². The van der Waals surface area contributed by atoms with E-state index in [-0.39, 0.29) is 11.0 Å². The highest BCUT2D eigenvalue weighted by molar-refractivity contribution is 6.30. The van der Waals surface area contributed by atoms with E-state index in [1.165, 1.54) is 24.8 Å². The van der Waals surface area contributed by atoms with Crippen molar-refractivity contribution in [2.45, 2.75) is 49.5 Å². The number of halogens is 1. The smallest absolute Gasteiger partial charge is 0.122 e. The first-order valence-electron chi connectivity index (χ1n) is 6.70. The van der Waals surface area contributed by atoms with Gasteiger partial charge in [0.15, 0.2) is 0 Å². The molecule has 3 aliphatic rings. The second kappa shape index (κ2) is 4.14. The fraction of sp³-hybridized carbons (Fsp3) is 0.600. The standard InChI is InChI=1S/C15H20ClNO/c1-18-13-3-2-11(16)10-12(13)14-4-7-15(17,8-5-14)9-6-14/h2-3,10H,4-9,17H2,1H3. The summed E-state index contributed by atoms with van der Waals surface area (Å²) in [6, 6.07) is 5.99. The van der Waals surface area contributed by atoms with E-state index in [0.29, 0.717) is 0 Å². The summed E-state index contributed by atoms with van der Waals surface area (Å²) in [5, 5.41) is 0.801. The van der Waals surface area contributed by atoms with Crippen LogP contribution in [-0.2, 0) is 5.41 Å². The largest absolute Gasteiger partial charge is 0.496 e. The Morgan fingerprint density at radius 1 is 1.11 bits per heavy atom. The van der Waals surface area contributed by atoms with Crippen molar-refractivity contribution in [3.8, 4) is 5.75 Å². The number of benzene rings is 1. The minimum atomic E-state index is 0.105. The van der Waals surface area contributed by atoms with Gasteiger partial charge in [0, 0.05) is 16.1 Å². The predicted molar refractivity (Wildman–Crippen MR) is 74.3 cm³/mol. The Labute approximate surface area is 113 Å². The molecule has 1 aromatic rings. The van der Waals surface area contributed by atoms with Crippen molar-refractivity contribution in [2.24, 2.45) is 5.73 Å². The fourth-order valence-corrected chi connectivity index (χ4v) is 3.89. The molecule has 4 rings (SSSR count). The number of hydrogen-bond donors (Lipinski definition) is 1. The van der Waals surface area contributed by atoms with Crippen LogP contribution in [0.2, 0.25) is 5.02 Å². The van der Waals surface area contributed by atoms with Gasteiger partial charge >= 0.3 is 0 Å². The third-order valence-corrected chi connectivity index (χ3v) is 5.27. The first-order chi connectivity index (χ1) is 8.57. The van der Waals surface area contributed by atoms with E-state index in [4.69, 9.17) is 22.1 Å². The van der Waals surface area contributed by atoms with Crippen LogP contribution in [0, 0.1) is 0 Å².